The lowest BCUT2D eigenvalue weighted by molar-refractivity contribution is -0.117. The summed E-state index contributed by atoms with van der Waals surface area (Å²) in [5.74, 6) is 3.39. The number of fused-ring (bicyclic) bond motifs is 2. The zero-order valence-corrected chi connectivity index (χ0v) is 12.8. The summed E-state index contributed by atoms with van der Waals surface area (Å²) in [5.41, 5.74) is 2.18. The summed E-state index contributed by atoms with van der Waals surface area (Å²) in [7, 11) is 1.90. The zero-order valence-electron chi connectivity index (χ0n) is 12.8. The number of amides is 1. The van der Waals surface area contributed by atoms with Gasteiger partial charge in [0.1, 0.15) is 5.82 Å². The molecule has 1 heterocycles. The van der Waals surface area contributed by atoms with E-state index in [-0.39, 0.29) is 5.91 Å². The minimum absolute atomic E-state index is 0.167. The SMILES string of the molecule is CCc1c(C)nn(C)c1NC(=O)C[C@@H]1C[C@H]2CC[C@H]1C2. The number of carbonyl (C=O) groups is 1. The van der Waals surface area contributed by atoms with Gasteiger partial charge in [-0.3, -0.25) is 9.48 Å². The van der Waals surface area contributed by atoms with Crippen molar-refractivity contribution in [2.75, 3.05) is 5.32 Å². The first-order chi connectivity index (χ1) is 9.58. The topological polar surface area (TPSA) is 46.9 Å². The predicted octanol–water partition coefficient (Wildman–Crippen LogP) is 3.06. The molecule has 2 fully saturated rings. The monoisotopic (exact) mass is 275 g/mol. The largest absolute Gasteiger partial charge is 0.311 e. The maximum absolute atomic E-state index is 12.3. The van der Waals surface area contributed by atoms with Gasteiger partial charge < -0.3 is 5.32 Å². The van der Waals surface area contributed by atoms with Crippen LogP contribution in [0.3, 0.4) is 0 Å². The van der Waals surface area contributed by atoms with E-state index in [2.05, 4.69) is 17.3 Å². The molecule has 4 heteroatoms. The third-order valence-corrected chi connectivity index (χ3v) is 5.29. The first kappa shape index (κ1) is 13.7. The Labute approximate surface area is 120 Å². The lowest BCUT2D eigenvalue weighted by Crippen LogP contribution is -2.21. The quantitative estimate of drug-likeness (QED) is 0.918. The summed E-state index contributed by atoms with van der Waals surface area (Å²) in [5, 5.41) is 7.51. The Balaban J connectivity index is 1.64. The van der Waals surface area contributed by atoms with E-state index in [0.29, 0.717) is 12.3 Å². The second-order valence-electron chi connectivity index (χ2n) is 6.58. The molecule has 2 aliphatic carbocycles. The van der Waals surface area contributed by atoms with Crippen molar-refractivity contribution < 1.29 is 4.79 Å². The average molecular weight is 275 g/mol. The smallest absolute Gasteiger partial charge is 0.225 e. The highest BCUT2D eigenvalue weighted by Crippen LogP contribution is 2.49. The fraction of sp³-hybridized carbons (Fsp3) is 0.750. The summed E-state index contributed by atoms with van der Waals surface area (Å²) in [6.07, 6.45) is 6.96. The second kappa shape index (κ2) is 5.23. The summed E-state index contributed by atoms with van der Waals surface area (Å²) >= 11 is 0. The van der Waals surface area contributed by atoms with Crippen molar-refractivity contribution in [3.63, 3.8) is 0 Å². The molecule has 110 valence electrons. The van der Waals surface area contributed by atoms with Crippen molar-refractivity contribution in [2.45, 2.75) is 52.4 Å². The van der Waals surface area contributed by atoms with Crippen LogP contribution in [-0.2, 0) is 18.3 Å². The molecule has 0 unspecified atom stereocenters. The molecule has 0 saturated heterocycles. The van der Waals surface area contributed by atoms with E-state index in [4.69, 9.17) is 0 Å². The van der Waals surface area contributed by atoms with Crippen molar-refractivity contribution in [2.24, 2.45) is 24.8 Å². The van der Waals surface area contributed by atoms with E-state index in [0.717, 1.165) is 35.3 Å². The number of aromatic nitrogens is 2. The van der Waals surface area contributed by atoms with Gasteiger partial charge in [0.25, 0.3) is 0 Å². The van der Waals surface area contributed by atoms with Crippen LogP contribution in [0, 0.1) is 24.7 Å². The first-order valence-corrected chi connectivity index (χ1v) is 7.90. The van der Waals surface area contributed by atoms with Crippen LogP contribution in [-0.4, -0.2) is 15.7 Å². The molecule has 2 aliphatic rings. The molecule has 1 amide bonds. The van der Waals surface area contributed by atoms with Crippen LogP contribution in [0.25, 0.3) is 0 Å². The molecule has 2 saturated carbocycles. The predicted molar refractivity (Wildman–Crippen MR) is 79.5 cm³/mol. The number of hydrogen-bond donors (Lipinski definition) is 1. The molecule has 1 aromatic rings. The maximum Gasteiger partial charge on any atom is 0.225 e. The van der Waals surface area contributed by atoms with Crippen molar-refractivity contribution >= 4 is 11.7 Å². The van der Waals surface area contributed by atoms with E-state index in [1.807, 2.05) is 14.0 Å². The van der Waals surface area contributed by atoms with E-state index in [1.54, 1.807) is 4.68 Å². The lowest BCUT2D eigenvalue weighted by atomic mass is 9.86. The van der Waals surface area contributed by atoms with E-state index < -0.39 is 0 Å². The van der Waals surface area contributed by atoms with Gasteiger partial charge in [-0.25, -0.2) is 0 Å². The van der Waals surface area contributed by atoms with Crippen molar-refractivity contribution in [1.82, 2.24) is 9.78 Å². The number of rotatable bonds is 4. The van der Waals surface area contributed by atoms with Gasteiger partial charge >= 0.3 is 0 Å². The van der Waals surface area contributed by atoms with Crippen LogP contribution in [0.1, 0.15) is 50.3 Å². The summed E-state index contributed by atoms with van der Waals surface area (Å²) < 4.78 is 1.80. The number of hydrogen-bond acceptors (Lipinski definition) is 2. The molecule has 0 aliphatic heterocycles. The highest BCUT2D eigenvalue weighted by molar-refractivity contribution is 5.91. The molecule has 2 bridgehead atoms. The number of aryl methyl sites for hydroxylation is 2. The van der Waals surface area contributed by atoms with Gasteiger partial charge in [-0.15, -0.1) is 0 Å². The minimum Gasteiger partial charge on any atom is -0.311 e. The molecule has 3 rings (SSSR count). The normalized spacial score (nSPS) is 28.1. The third kappa shape index (κ3) is 2.36. The van der Waals surface area contributed by atoms with Gasteiger partial charge in [0.05, 0.1) is 5.69 Å². The Morgan fingerprint density at radius 2 is 2.20 bits per heavy atom. The summed E-state index contributed by atoms with van der Waals surface area (Å²) in [6.45, 7) is 4.11. The molecule has 0 spiro atoms. The molecular weight excluding hydrogens is 250 g/mol. The molecule has 4 nitrogen and oxygen atoms in total. The van der Waals surface area contributed by atoms with E-state index in [1.165, 1.54) is 25.7 Å². The van der Waals surface area contributed by atoms with Crippen LogP contribution in [0.2, 0.25) is 0 Å². The molecule has 1 aromatic heterocycles. The number of carbonyl (C=O) groups excluding carboxylic acids is 1. The highest BCUT2D eigenvalue weighted by Gasteiger charge is 2.40. The van der Waals surface area contributed by atoms with Crippen molar-refractivity contribution in [1.29, 1.82) is 0 Å². The Bertz CT molecular complexity index is 520. The first-order valence-electron chi connectivity index (χ1n) is 7.90. The van der Waals surface area contributed by atoms with Gasteiger partial charge in [0.15, 0.2) is 0 Å². The number of anilines is 1. The maximum atomic E-state index is 12.3. The van der Waals surface area contributed by atoms with Crippen LogP contribution in [0.5, 0.6) is 0 Å². The zero-order chi connectivity index (χ0) is 14.3. The fourth-order valence-electron chi connectivity index (χ4n) is 4.33. The summed E-state index contributed by atoms with van der Waals surface area (Å²) in [4.78, 5) is 12.3. The molecule has 1 N–H and O–H groups in total. The Kier molecular flexibility index (Phi) is 3.57. The van der Waals surface area contributed by atoms with Crippen LogP contribution < -0.4 is 5.32 Å². The van der Waals surface area contributed by atoms with Gasteiger partial charge in [-0.05, 0) is 50.4 Å². The lowest BCUT2D eigenvalue weighted by Gasteiger charge is -2.21. The van der Waals surface area contributed by atoms with E-state index >= 15 is 0 Å². The molecule has 0 radical (unpaired) electrons. The fourth-order valence-corrected chi connectivity index (χ4v) is 4.33. The van der Waals surface area contributed by atoms with Gasteiger partial charge in [0, 0.05) is 19.0 Å². The van der Waals surface area contributed by atoms with Gasteiger partial charge in [-0.1, -0.05) is 13.3 Å². The standard InChI is InChI=1S/C16H25N3O/c1-4-14-10(2)18-19(3)16(14)17-15(20)9-13-8-11-5-6-12(13)7-11/h11-13H,4-9H2,1-3H3,(H,17,20)/t11-,12-,13-/m0/s1. The van der Waals surface area contributed by atoms with Crippen LogP contribution >= 0.6 is 0 Å². The molecule has 20 heavy (non-hydrogen) atoms. The number of nitrogens with zero attached hydrogens (tertiary/aromatic N) is 2. The Hall–Kier alpha value is -1.32. The molecular formula is C16H25N3O. The highest BCUT2D eigenvalue weighted by atomic mass is 16.1. The van der Waals surface area contributed by atoms with Crippen molar-refractivity contribution in [3.05, 3.63) is 11.3 Å². The van der Waals surface area contributed by atoms with Crippen molar-refractivity contribution in [3.8, 4) is 0 Å². The van der Waals surface area contributed by atoms with Crippen LogP contribution in [0.4, 0.5) is 5.82 Å². The summed E-state index contributed by atoms with van der Waals surface area (Å²) in [6, 6.07) is 0. The second-order valence-corrected chi connectivity index (χ2v) is 6.58. The Morgan fingerprint density at radius 3 is 2.80 bits per heavy atom. The average Bonchev–Trinajstić information content (AvgIpc) is 3.05. The molecule has 0 aromatic carbocycles. The minimum atomic E-state index is 0.167. The van der Waals surface area contributed by atoms with E-state index in [9.17, 15) is 4.79 Å². The number of nitrogens with one attached hydrogen (secondary N) is 1. The third-order valence-electron chi connectivity index (χ3n) is 5.29. The van der Waals surface area contributed by atoms with Gasteiger partial charge in [0.2, 0.25) is 5.91 Å². The van der Waals surface area contributed by atoms with Gasteiger partial charge in [-0.2, -0.15) is 5.10 Å². The van der Waals surface area contributed by atoms with Crippen LogP contribution in [0.15, 0.2) is 0 Å². The Morgan fingerprint density at radius 1 is 1.40 bits per heavy atom. The molecule has 3 atom stereocenters.